The molecule has 0 amide bonds. The zero-order chi connectivity index (χ0) is 10.7. The van der Waals surface area contributed by atoms with Crippen LogP contribution in [0.15, 0.2) is 23.8 Å². The lowest BCUT2D eigenvalue weighted by atomic mass is 10.3. The summed E-state index contributed by atoms with van der Waals surface area (Å²) in [5, 5.41) is 11.9. The van der Waals surface area contributed by atoms with Gasteiger partial charge in [-0.2, -0.15) is 0 Å². The predicted octanol–water partition coefficient (Wildman–Crippen LogP) is 1.95. The van der Waals surface area contributed by atoms with Gasteiger partial charge in [0, 0.05) is 22.8 Å². The maximum atomic E-state index is 9.17. The monoisotopic (exact) mass is 216 g/mol. The van der Waals surface area contributed by atoms with Crippen LogP contribution in [0.5, 0.6) is 5.75 Å². The summed E-state index contributed by atoms with van der Waals surface area (Å²) in [6, 6.07) is 1.57. The molecule has 2 aromatic heterocycles. The van der Waals surface area contributed by atoms with Gasteiger partial charge in [0.15, 0.2) is 5.01 Å². The molecule has 0 aliphatic rings. The van der Waals surface area contributed by atoms with Crippen LogP contribution in [0.4, 0.5) is 0 Å². The molecule has 4 heteroatoms. The normalized spacial score (nSPS) is 9.40. The summed E-state index contributed by atoms with van der Waals surface area (Å²) in [7, 11) is 0. The Morgan fingerprint density at radius 3 is 2.87 bits per heavy atom. The van der Waals surface area contributed by atoms with E-state index in [0.717, 1.165) is 10.7 Å². The summed E-state index contributed by atoms with van der Waals surface area (Å²) in [4.78, 5) is 8.04. The largest absolute Gasteiger partial charge is 0.506 e. The SMILES string of the molecule is Cc1csc(C#Cc2cncc(O)c2)n1. The molecule has 0 spiro atoms. The Balaban J connectivity index is 2.25. The van der Waals surface area contributed by atoms with Gasteiger partial charge in [-0.3, -0.25) is 4.98 Å². The highest BCUT2D eigenvalue weighted by atomic mass is 32.1. The summed E-state index contributed by atoms with van der Waals surface area (Å²) < 4.78 is 0. The third-order valence-corrected chi connectivity index (χ3v) is 2.53. The second kappa shape index (κ2) is 4.11. The van der Waals surface area contributed by atoms with E-state index in [9.17, 15) is 5.11 Å². The Bertz CT molecular complexity index is 537. The van der Waals surface area contributed by atoms with E-state index in [1.807, 2.05) is 12.3 Å². The molecule has 3 nitrogen and oxygen atoms in total. The van der Waals surface area contributed by atoms with Gasteiger partial charge in [0.05, 0.1) is 6.20 Å². The van der Waals surface area contributed by atoms with Crippen molar-refractivity contribution in [1.82, 2.24) is 9.97 Å². The Morgan fingerprint density at radius 1 is 1.33 bits per heavy atom. The molecule has 0 saturated heterocycles. The number of aromatic nitrogens is 2. The Kier molecular flexibility index (Phi) is 2.66. The Labute approximate surface area is 91.5 Å². The first-order valence-corrected chi connectivity index (χ1v) is 5.20. The van der Waals surface area contributed by atoms with Gasteiger partial charge in [-0.05, 0) is 18.9 Å². The van der Waals surface area contributed by atoms with Crippen LogP contribution in [0.2, 0.25) is 0 Å². The van der Waals surface area contributed by atoms with Gasteiger partial charge < -0.3 is 5.11 Å². The van der Waals surface area contributed by atoms with Crippen molar-refractivity contribution in [3.8, 4) is 17.6 Å². The van der Waals surface area contributed by atoms with Crippen molar-refractivity contribution in [2.45, 2.75) is 6.92 Å². The molecule has 15 heavy (non-hydrogen) atoms. The maximum Gasteiger partial charge on any atom is 0.167 e. The number of rotatable bonds is 0. The standard InChI is InChI=1S/C11H8N2OS/c1-8-7-15-11(13-8)3-2-9-4-10(14)6-12-5-9/h4-7,14H,1H3. The highest BCUT2D eigenvalue weighted by Gasteiger charge is 1.93. The molecule has 0 aliphatic carbocycles. The lowest BCUT2D eigenvalue weighted by Crippen LogP contribution is -1.78. The molecule has 1 N–H and O–H groups in total. The van der Waals surface area contributed by atoms with Gasteiger partial charge in [0.25, 0.3) is 0 Å². The third-order valence-electron chi connectivity index (χ3n) is 1.66. The highest BCUT2D eigenvalue weighted by Crippen LogP contribution is 2.09. The molecule has 0 atom stereocenters. The number of hydrogen-bond acceptors (Lipinski definition) is 4. The zero-order valence-electron chi connectivity index (χ0n) is 8.06. The van der Waals surface area contributed by atoms with Crippen molar-refractivity contribution >= 4 is 11.3 Å². The predicted molar refractivity (Wildman–Crippen MR) is 58.7 cm³/mol. The van der Waals surface area contributed by atoms with Crippen LogP contribution in [-0.2, 0) is 0 Å². The first-order valence-electron chi connectivity index (χ1n) is 4.32. The molecule has 2 aromatic rings. The highest BCUT2D eigenvalue weighted by molar-refractivity contribution is 7.10. The second-order valence-corrected chi connectivity index (χ2v) is 3.83. The number of aromatic hydroxyl groups is 1. The van der Waals surface area contributed by atoms with Crippen LogP contribution < -0.4 is 0 Å². The van der Waals surface area contributed by atoms with Gasteiger partial charge in [0.2, 0.25) is 0 Å². The van der Waals surface area contributed by atoms with Gasteiger partial charge >= 0.3 is 0 Å². The number of thiazole rings is 1. The molecule has 0 unspecified atom stereocenters. The zero-order valence-corrected chi connectivity index (χ0v) is 8.88. The van der Waals surface area contributed by atoms with Crippen molar-refractivity contribution in [3.05, 3.63) is 40.1 Å². The summed E-state index contributed by atoms with van der Waals surface area (Å²) in [5.41, 5.74) is 1.65. The number of pyridine rings is 1. The molecule has 2 rings (SSSR count). The minimum atomic E-state index is 0.122. The fraction of sp³-hybridized carbons (Fsp3) is 0.0909. The molecule has 0 radical (unpaired) electrons. The number of hydrogen-bond donors (Lipinski definition) is 1. The summed E-state index contributed by atoms with van der Waals surface area (Å²) in [5.74, 6) is 5.93. The lowest BCUT2D eigenvalue weighted by Gasteiger charge is -1.89. The van der Waals surface area contributed by atoms with E-state index < -0.39 is 0 Å². The van der Waals surface area contributed by atoms with Crippen molar-refractivity contribution in [3.63, 3.8) is 0 Å². The summed E-state index contributed by atoms with van der Waals surface area (Å²) in [6.07, 6.45) is 2.98. The fourth-order valence-electron chi connectivity index (χ4n) is 1.03. The average molecular weight is 216 g/mol. The van der Waals surface area contributed by atoms with Crippen molar-refractivity contribution in [1.29, 1.82) is 0 Å². The molecule has 74 valence electrons. The third kappa shape index (κ3) is 2.55. The second-order valence-electron chi connectivity index (χ2n) is 2.98. The molecule has 0 bridgehead atoms. The first-order chi connectivity index (χ1) is 7.24. The summed E-state index contributed by atoms with van der Waals surface area (Å²) >= 11 is 1.51. The van der Waals surface area contributed by atoms with Crippen LogP contribution in [0.25, 0.3) is 0 Å². The molecular formula is C11H8N2OS. The van der Waals surface area contributed by atoms with Crippen LogP contribution in [0, 0.1) is 18.8 Å². The van der Waals surface area contributed by atoms with E-state index in [4.69, 9.17) is 0 Å². The minimum Gasteiger partial charge on any atom is -0.506 e. The van der Waals surface area contributed by atoms with Crippen LogP contribution in [0.1, 0.15) is 16.3 Å². The first kappa shape index (κ1) is 9.69. The van der Waals surface area contributed by atoms with Gasteiger partial charge in [-0.15, -0.1) is 11.3 Å². The molecule has 2 heterocycles. The smallest absolute Gasteiger partial charge is 0.167 e. The van der Waals surface area contributed by atoms with Gasteiger partial charge in [0.1, 0.15) is 5.75 Å². The fourth-order valence-corrected chi connectivity index (χ4v) is 1.67. The topological polar surface area (TPSA) is 46.0 Å². The van der Waals surface area contributed by atoms with E-state index in [0.29, 0.717) is 5.56 Å². The van der Waals surface area contributed by atoms with Crippen molar-refractivity contribution < 1.29 is 5.11 Å². The van der Waals surface area contributed by atoms with Crippen molar-refractivity contribution in [2.75, 3.05) is 0 Å². The Hall–Kier alpha value is -1.86. The van der Waals surface area contributed by atoms with E-state index in [-0.39, 0.29) is 5.75 Å². The van der Waals surface area contributed by atoms with E-state index >= 15 is 0 Å². The van der Waals surface area contributed by atoms with Gasteiger partial charge in [-0.1, -0.05) is 5.92 Å². The van der Waals surface area contributed by atoms with Crippen LogP contribution in [-0.4, -0.2) is 15.1 Å². The maximum absolute atomic E-state index is 9.17. The Morgan fingerprint density at radius 2 is 2.20 bits per heavy atom. The van der Waals surface area contributed by atoms with E-state index in [1.165, 1.54) is 17.5 Å². The number of nitrogens with zero attached hydrogens (tertiary/aromatic N) is 2. The number of aryl methyl sites for hydroxylation is 1. The van der Waals surface area contributed by atoms with Crippen LogP contribution in [0.3, 0.4) is 0 Å². The minimum absolute atomic E-state index is 0.122. The quantitative estimate of drug-likeness (QED) is 0.685. The molecule has 0 aromatic carbocycles. The van der Waals surface area contributed by atoms with Crippen molar-refractivity contribution in [2.24, 2.45) is 0 Å². The molecule has 0 fully saturated rings. The molecular weight excluding hydrogens is 208 g/mol. The summed E-state index contributed by atoms with van der Waals surface area (Å²) in [6.45, 7) is 1.93. The van der Waals surface area contributed by atoms with E-state index in [1.54, 1.807) is 12.3 Å². The van der Waals surface area contributed by atoms with Crippen LogP contribution >= 0.6 is 11.3 Å². The lowest BCUT2D eigenvalue weighted by molar-refractivity contribution is 0.472. The van der Waals surface area contributed by atoms with Gasteiger partial charge in [-0.25, -0.2) is 4.98 Å². The molecule has 0 aliphatic heterocycles. The average Bonchev–Trinajstić information content (AvgIpc) is 2.62. The van der Waals surface area contributed by atoms with E-state index in [2.05, 4.69) is 21.8 Å². The molecule has 0 saturated carbocycles.